The Kier molecular flexibility index (Phi) is 4.38. The fourth-order valence-electron chi connectivity index (χ4n) is 2.48. The fourth-order valence-corrected chi connectivity index (χ4v) is 4.05. The first-order valence-corrected chi connectivity index (χ1v) is 9.07. The Hall–Kier alpha value is -2.25. The molecule has 0 saturated carbocycles. The molecule has 2 aromatic rings. The minimum absolute atomic E-state index is 0.00401. The molecule has 8 heteroatoms. The summed E-state index contributed by atoms with van der Waals surface area (Å²) in [5, 5.41) is 0.141. The van der Waals surface area contributed by atoms with Gasteiger partial charge >= 0.3 is 0 Å². The molecule has 0 spiro atoms. The Morgan fingerprint density at radius 2 is 2.00 bits per heavy atom. The molecule has 1 N–H and O–H groups in total. The lowest BCUT2D eigenvalue weighted by molar-refractivity contribution is -0.116. The standard InChI is InChI=1S/C16H15ClN2O4S/c1-11(20)19-8-9-23-15-10-12(6-7-14(15)19)18-24(21,22)16-5-3-2-4-13(16)17/h2-7,10,18H,8-9H2,1H3. The van der Waals surface area contributed by atoms with E-state index in [2.05, 4.69) is 4.72 Å². The van der Waals surface area contributed by atoms with E-state index in [1.165, 1.54) is 19.1 Å². The zero-order valence-corrected chi connectivity index (χ0v) is 14.4. The third kappa shape index (κ3) is 3.18. The molecule has 1 heterocycles. The summed E-state index contributed by atoms with van der Waals surface area (Å²) in [6.07, 6.45) is 0. The topological polar surface area (TPSA) is 75.7 Å². The van der Waals surface area contributed by atoms with E-state index in [9.17, 15) is 13.2 Å². The highest BCUT2D eigenvalue weighted by Crippen LogP contribution is 2.35. The van der Waals surface area contributed by atoms with Crippen LogP contribution in [0.5, 0.6) is 5.75 Å². The third-order valence-electron chi connectivity index (χ3n) is 3.58. The molecular weight excluding hydrogens is 352 g/mol. The number of nitrogens with one attached hydrogen (secondary N) is 1. The number of benzene rings is 2. The van der Waals surface area contributed by atoms with Crippen LogP contribution in [0.3, 0.4) is 0 Å². The quantitative estimate of drug-likeness (QED) is 0.906. The third-order valence-corrected chi connectivity index (χ3v) is 5.46. The number of carbonyl (C=O) groups excluding carboxylic acids is 1. The van der Waals surface area contributed by atoms with Crippen molar-refractivity contribution in [3.05, 3.63) is 47.5 Å². The van der Waals surface area contributed by atoms with Gasteiger partial charge in [0.25, 0.3) is 10.0 Å². The molecule has 24 heavy (non-hydrogen) atoms. The molecule has 0 fully saturated rings. The zero-order valence-electron chi connectivity index (χ0n) is 12.8. The maximum atomic E-state index is 12.5. The first kappa shape index (κ1) is 16.6. The van der Waals surface area contributed by atoms with Gasteiger partial charge in [-0.2, -0.15) is 0 Å². The number of ether oxygens (including phenoxy) is 1. The first-order valence-electron chi connectivity index (χ1n) is 7.21. The molecule has 6 nitrogen and oxygen atoms in total. The van der Waals surface area contributed by atoms with E-state index < -0.39 is 10.0 Å². The maximum absolute atomic E-state index is 12.5. The molecule has 0 bridgehead atoms. The number of sulfonamides is 1. The second-order valence-corrected chi connectivity index (χ2v) is 7.30. The highest BCUT2D eigenvalue weighted by molar-refractivity contribution is 7.92. The molecule has 1 aliphatic heterocycles. The Bertz CT molecular complexity index is 899. The highest BCUT2D eigenvalue weighted by atomic mass is 35.5. The van der Waals surface area contributed by atoms with Gasteiger partial charge in [-0.05, 0) is 24.3 Å². The van der Waals surface area contributed by atoms with Crippen molar-refractivity contribution < 1.29 is 17.9 Å². The molecular formula is C16H15ClN2O4S. The number of carbonyl (C=O) groups is 1. The van der Waals surface area contributed by atoms with E-state index in [-0.39, 0.29) is 15.8 Å². The average molecular weight is 367 g/mol. The molecule has 0 saturated heterocycles. The number of nitrogens with zero attached hydrogens (tertiary/aromatic N) is 1. The van der Waals surface area contributed by atoms with E-state index in [0.29, 0.717) is 30.3 Å². The van der Waals surface area contributed by atoms with Crippen molar-refractivity contribution >= 4 is 38.9 Å². The minimum Gasteiger partial charge on any atom is -0.489 e. The van der Waals surface area contributed by atoms with Crippen molar-refractivity contribution in [3.8, 4) is 5.75 Å². The van der Waals surface area contributed by atoms with Gasteiger partial charge in [0, 0.05) is 13.0 Å². The van der Waals surface area contributed by atoms with Crippen LogP contribution >= 0.6 is 11.6 Å². The number of fused-ring (bicyclic) bond motifs is 1. The van der Waals surface area contributed by atoms with Crippen LogP contribution in [0.25, 0.3) is 0 Å². The molecule has 126 valence electrons. The van der Waals surface area contributed by atoms with Crippen molar-refractivity contribution in [1.82, 2.24) is 0 Å². The summed E-state index contributed by atoms with van der Waals surface area (Å²) in [5.41, 5.74) is 0.952. The second kappa shape index (κ2) is 6.33. The van der Waals surface area contributed by atoms with Crippen LogP contribution in [0.15, 0.2) is 47.4 Å². The van der Waals surface area contributed by atoms with Crippen LogP contribution in [0.2, 0.25) is 5.02 Å². The number of hydrogen-bond acceptors (Lipinski definition) is 4. The summed E-state index contributed by atoms with van der Waals surface area (Å²) in [6.45, 7) is 2.30. The summed E-state index contributed by atoms with van der Waals surface area (Å²) >= 11 is 5.96. The highest BCUT2D eigenvalue weighted by Gasteiger charge is 2.23. The Morgan fingerprint density at radius 1 is 1.25 bits per heavy atom. The maximum Gasteiger partial charge on any atom is 0.263 e. The molecule has 1 amide bonds. The number of amides is 1. The van der Waals surface area contributed by atoms with Crippen molar-refractivity contribution in [2.75, 3.05) is 22.8 Å². The van der Waals surface area contributed by atoms with Crippen LogP contribution < -0.4 is 14.4 Å². The van der Waals surface area contributed by atoms with E-state index in [1.54, 1.807) is 35.2 Å². The van der Waals surface area contributed by atoms with Gasteiger partial charge in [0.2, 0.25) is 5.91 Å². The lowest BCUT2D eigenvalue weighted by atomic mass is 10.2. The van der Waals surface area contributed by atoms with Gasteiger partial charge in [-0.1, -0.05) is 23.7 Å². The molecule has 0 aromatic heterocycles. The molecule has 0 radical (unpaired) electrons. The summed E-state index contributed by atoms with van der Waals surface area (Å²) < 4.78 is 32.9. The Morgan fingerprint density at radius 3 is 2.71 bits per heavy atom. The monoisotopic (exact) mass is 366 g/mol. The Balaban J connectivity index is 1.92. The smallest absolute Gasteiger partial charge is 0.263 e. The van der Waals surface area contributed by atoms with Gasteiger partial charge in [-0.3, -0.25) is 9.52 Å². The van der Waals surface area contributed by atoms with Crippen molar-refractivity contribution in [1.29, 1.82) is 0 Å². The molecule has 0 aliphatic carbocycles. The summed E-state index contributed by atoms with van der Waals surface area (Å²) in [7, 11) is -3.82. The van der Waals surface area contributed by atoms with Gasteiger partial charge in [0.1, 0.15) is 17.3 Å². The molecule has 0 unspecified atom stereocenters. The Labute approximate surface area is 145 Å². The van der Waals surface area contributed by atoms with Crippen molar-refractivity contribution in [2.24, 2.45) is 0 Å². The van der Waals surface area contributed by atoms with Gasteiger partial charge in [0.15, 0.2) is 0 Å². The zero-order chi connectivity index (χ0) is 17.3. The lowest BCUT2D eigenvalue weighted by Crippen LogP contribution is -2.36. The second-order valence-electron chi connectivity index (χ2n) is 5.24. The van der Waals surface area contributed by atoms with E-state index in [1.807, 2.05) is 0 Å². The molecule has 1 aliphatic rings. The largest absolute Gasteiger partial charge is 0.489 e. The van der Waals surface area contributed by atoms with E-state index >= 15 is 0 Å². The van der Waals surface area contributed by atoms with E-state index in [0.717, 1.165) is 0 Å². The van der Waals surface area contributed by atoms with Gasteiger partial charge in [0.05, 0.1) is 22.9 Å². The van der Waals surface area contributed by atoms with E-state index in [4.69, 9.17) is 16.3 Å². The first-order chi connectivity index (χ1) is 11.4. The predicted molar refractivity (Wildman–Crippen MR) is 92.2 cm³/mol. The summed E-state index contributed by atoms with van der Waals surface area (Å²) in [4.78, 5) is 13.2. The predicted octanol–water partition coefficient (Wildman–Crippen LogP) is 2.89. The summed E-state index contributed by atoms with van der Waals surface area (Å²) in [5.74, 6) is 0.361. The SMILES string of the molecule is CC(=O)N1CCOc2cc(NS(=O)(=O)c3ccccc3Cl)ccc21. The van der Waals surface area contributed by atoms with Crippen LogP contribution in [-0.4, -0.2) is 27.5 Å². The van der Waals surface area contributed by atoms with Crippen molar-refractivity contribution in [3.63, 3.8) is 0 Å². The summed E-state index contributed by atoms with van der Waals surface area (Å²) in [6, 6.07) is 11.0. The average Bonchev–Trinajstić information content (AvgIpc) is 2.53. The minimum atomic E-state index is -3.82. The van der Waals surface area contributed by atoms with Gasteiger partial charge < -0.3 is 9.64 Å². The molecule has 0 atom stereocenters. The van der Waals surface area contributed by atoms with Crippen LogP contribution in [0, 0.1) is 0 Å². The molecule has 2 aromatic carbocycles. The molecule has 3 rings (SSSR count). The lowest BCUT2D eigenvalue weighted by Gasteiger charge is -2.29. The number of rotatable bonds is 3. The van der Waals surface area contributed by atoms with Gasteiger partial charge in [-0.15, -0.1) is 0 Å². The van der Waals surface area contributed by atoms with Crippen LogP contribution in [0.1, 0.15) is 6.92 Å². The van der Waals surface area contributed by atoms with Crippen LogP contribution in [0.4, 0.5) is 11.4 Å². The number of anilines is 2. The normalized spacial score (nSPS) is 13.8. The van der Waals surface area contributed by atoms with Crippen molar-refractivity contribution in [2.45, 2.75) is 11.8 Å². The number of hydrogen-bond donors (Lipinski definition) is 1. The fraction of sp³-hybridized carbons (Fsp3) is 0.188. The van der Waals surface area contributed by atoms with Gasteiger partial charge in [-0.25, -0.2) is 8.42 Å². The van der Waals surface area contributed by atoms with Crippen LogP contribution in [-0.2, 0) is 14.8 Å². The number of halogens is 1.